The van der Waals surface area contributed by atoms with E-state index in [4.69, 9.17) is 11.5 Å². The third-order valence-electron chi connectivity index (χ3n) is 2.50. The van der Waals surface area contributed by atoms with Crippen LogP contribution in [0.4, 0.5) is 10.1 Å². The van der Waals surface area contributed by atoms with Gasteiger partial charge in [-0.2, -0.15) is 0 Å². The number of rotatable bonds is 0. The van der Waals surface area contributed by atoms with Crippen LogP contribution in [0.2, 0.25) is 0 Å². The molecule has 1 aromatic rings. The van der Waals surface area contributed by atoms with Crippen molar-refractivity contribution in [2.75, 3.05) is 5.73 Å². The largest absolute Gasteiger partial charge is 0.396 e. The fourth-order valence-corrected chi connectivity index (χ4v) is 1.46. The van der Waals surface area contributed by atoms with Crippen molar-refractivity contribution in [3.8, 4) is 11.8 Å². The van der Waals surface area contributed by atoms with Crippen LogP contribution in [0.15, 0.2) is 28.9 Å². The second kappa shape index (κ2) is 4.90. The fourth-order valence-electron chi connectivity index (χ4n) is 1.46. The molecule has 0 fully saturated rings. The van der Waals surface area contributed by atoms with Gasteiger partial charge in [0, 0.05) is 12.4 Å². The maximum absolute atomic E-state index is 13.8. The average molecular weight is 244 g/mol. The van der Waals surface area contributed by atoms with E-state index in [1.165, 1.54) is 6.07 Å². The molecule has 1 heterocycles. The van der Waals surface area contributed by atoms with Crippen LogP contribution in [0.3, 0.4) is 0 Å². The van der Waals surface area contributed by atoms with Crippen molar-refractivity contribution >= 4 is 11.9 Å². The van der Waals surface area contributed by atoms with E-state index in [0.717, 1.165) is 5.56 Å². The summed E-state index contributed by atoms with van der Waals surface area (Å²) in [5.74, 6) is 5.09. The fraction of sp³-hybridized carbons (Fsp3) is 0.154. The molecule has 1 aliphatic heterocycles. The molecule has 0 bridgehead atoms. The van der Waals surface area contributed by atoms with E-state index in [1.54, 1.807) is 25.4 Å². The Morgan fingerprint density at radius 3 is 2.83 bits per heavy atom. The first-order chi connectivity index (χ1) is 8.58. The van der Waals surface area contributed by atoms with Crippen LogP contribution in [-0.2, 0) is 0 Å². The Morgan fingerprint density at radius 1 is 1.39 bits per heavy atom. The van der Waals surface area contributed by atoms with Crippen molar-refractivity contribution in [1.82, 2.24) is 5.32 Å². The Kier molecular flexibility index (Phi) is 3.31. The quantitative estimate of drug-likeness (QED) is 0.468. The highest BCUT2D eigenvalue weighted by atomic mass is 19.1. The van der Waals surface area contributed by atoms with Gasteiger partial charge in [-0.05, 0) is 18.6 Å². The van der Waals surface area contributed by atoms with Gasteiger partial charge < -0.3 is 11.1 Å². The van der Waals surface area contributed by atoms with Gasteiger partial charge in [0.15, 0.2) is 12.1 Å². The minimum Gasteiger partial charge on any atom is -0.396 e. The molecule has 18 heavy (non-hydrogen) atoms. The molecule has 5 heteroatoms. The topological polar surface area (TPSA) is 76.4 Å². The van der Waals surface area contributed by atoms with Gasteiger partial charge in [0.25, 0.3) is 0 Å². The predicted octanol–water partition coefficient (Wildman–Crippen LogP) is 0.868. The summed E-state index contributed by atoms with van der Waals surface area (Å²) in [4.78, 5) is 3.94. The zero-order chi connectivity index (χ0) is 13.1. The summed E-state index contributed by atoms with van der Waals surface area (Å²) in [7, 11) is 0. The number of nitrogens with one attached hydrogen (secondary N) is 1. The number of nitrogen functional groups attached to an aromatic ring is 1. The lowest BCUT2D eigenvalue weighted by Gasteiger charge is -2.10. The van der Waals surface area contributed by atoms with E-state index in [9.17, 15) is 4.39 Å². The van der Waals surface area contributed by atoms with Gasteiger partial charge in [0.2, 0.25) is 0 Å². The second-order valence-corrected chi connectivity index (χ2v) is 3.90. The maximum Gasteiger partial charge on any atom is 0.170 e. The van der Waals surface area contributed by atoms with Crippen LogP contribution in [0, 0.1) is 24.6 Å². The van der Waals surface area contributed by atoms with Crippen molar-refractivity contribution in [1.29, 1.82) is 0 Å². The van der Waals surface area contributed by atoms with E-state index >= 15 is 0 Å². The molecule has 1 aliphatic rings. The second-order valence-electron chi connectivity index (χ2n) is 3.90. The molecule has 1 atom stereocenters. The van der Waals surface area contributed by atoms with E-state index < -0.39 is 12.1 Å². The first-order valence-electron chi connectivity index (χ1n) is 5.39. The highest BCUT2D eigenvalue weighted by Gasteiger charge is 2.07. The van der Waals surface area contributed by atoms with E-state index in [2.05, 4.69) is 22.2 Å². The number of hydrogen-bond acceptors (Lipinski definition) is 4. The number of benzene rings is 1. The lowest BCUT2D eigenvalue weighted by atomic mass is 10.1. The Bertz CT molecular complexity index is 593. The molecule has 0 spiro atoms. The lowest BCUT2D eigenvalue weighted by Crippen LogP contribution is -2.34. The van der Waals surface area contributed by atoms with Crippen molar-refractivity contribution < 1.29 is 4.39 Å². The molecule has 92 valence electrons. The first-order valence-corrected chi connectivity index (χ1v) is 5.39. The standard InChI is InChI=1S/C13H13FN4/c1-8-2-5-11(15)12(14)10(8)4-3-9-6-17-13(16)18-7-9/h2,5-7,13,17H,15-16H2,1H3. The minimum atomic E-state index is -0.486. The Morgan fingerprint density at radius 2 is 2.17 bits per heavy atom. The van der Waals surface area contributed by atoms with Crippen LogP contribution in [-0.4, -0.2) is 12.5 Å². The summed E-state index contributed by atoms with van der Waals surface area (Å²) in [5, 5.41) is 2.81. The van der Waals surface area contributed by atoms with Gasteiger partial charge >= 0.3 is 0 Å². The molecule has 0 amide bonds. The van der Waals surface area contributed by atoms with E-state index in [1.807, 2.05) is 0 Å². The number of aryl methyl sites for hydroxylation is 1. The molecule has 0 radical (unpaired) electrons. The predicted molar refractivity (Wildman–Crippen MR) is 70.1 cm³/mol. The van der Waals surface area contributed by atoms with Gasteiger partial charge in [0.1, 0.15) is 0 Å². The van der Waals surface area contributed by atoms with Gasteiger partial charge in [-0.3, -0.25) is 10.7 Å². The summed E-state index contributed by atoms with van der Waals surface area (Å²) in [6.07, 6.45) is 2.75. The number of nitrogens with zero attached hydrogens (tertiary/aromatic N) is 1. The molecule has 4 nitrogen and oxygen atoms in total. The zero-order valence-electron chi connectivity index (χ0n) is 9.87. The molecular weight excluding hydrogens is 231 g/mol. The first kappa shape index (κ1) is 12.1. The molecule has 0 aromatic heterocycles. The normalized spacial score (nSPS) is 17.5. The number of nitrogens with two attached hydrogens (primary N) is 2. The molecule has 0 saturated heterocycles. The summed E-state index contributed by atoms with van der Waals surface area (Å²) in [6, 6.07) is 3.26. The van der Waals surface area contributed by atoms with Crippen LogP contribution in [0.5, 0.6) is 0 Å². The minimum absolute atomic E-state index is 0.0938. The summed E-state index contributed by atoms with van der Waals surface area (Å²) in [5.41, 5.74) is 12.8. The molecule has 1 aromatic carbocycles. The zero-order valence-corrected chi connectivity index (χ0v) is 9.87. The third-order valence-corrected chi connectivity index (χ3v) is 2.50. The van der Waals surface area contributed by atoms with Crippen molar-refractivity contribution in [3.05, 3.63) is 40.8 Å². The third kappa shape index (κ3) is 2.50. The van der Waals surface area contributed by atoms with E-state index in [0.29, 0.717) is 11.1 Å². The Balaban J connectivity index is 2.31. The van der Waals surface area contributed by atoms with Gasteiger partial charge in [-0.1, -0.05) is 17.9 Å². The SMILES string of the molecule is Cc1ccc(N)c(F)c1C#CC1=CNC(N)N=C1. The lowest BCUT2D eigenvalue weighted by molar-refractivity contribution is 0.627. The Hall–Kier alpha value is -2.32. The number of hydrogen-bond donors (Lipinski definition) is 3. The van der Waals surface area contributed by atoms with Crippen molar-refractivity contribution in [2.24, 2.45) is 10.7 Å². The average Bonchev–Trinajstić information content (AvgIpc) is 2.36. The molecule has 5 N–H and O–H groups in total. The molecule has 2 rings (SSSR count). The highest BCUT2D eigenvalue weighted by Crippen LogP contribution is 2.17. The number of halogens is 1. The highest BCUT2D eigenvalue weighted by molar-refractivity contribution is 5.85. The van der Waals surface area contributed by atoms with Crippen LogP contribution < -0.4 is 16.8 Å². The molecule has 1 unspecified atom stereocenters. The monoisotopic (exact) mass is 244 g/mol. The van der Waals surface area contributed by atoms with Crippen molar-refractivity contribution in [2.45, 2.75) is 13.2 Å². The number of aliphatic imine (C=N–C) groups is 1. The van der Waals surface area contributed by atoms with Crippen LogP contribution in [0.25, 0.3) is 0 Å². The summed E-state index contributed by atoms with van der Waals surface area (Å²) in [6.45, 7) is 1.78. The Labute approximate surface area is 105 Å². The van der Waals surface area contributed by atoms with Crippen LogP contribution >= 0.6 is 0 Å². The summed E-state index contributed by atoms with van der Waals surface area (Å²) >= 11 is 0. The van der Waals surface area contributed by atoms with Gasteiger partial charge in [-0.15, -0.1) is 0 Å². The molecule has 0 saturated carbocycles. The van der Waals surface area contributed by atoms with E-state index in [-0.39, 0.29) is 5.69 Å². The smallest absolute Gasteiger partial charge is 0.170 e. The van der Waals surface area contributed by atoms with Crippen molar-refractivity contribution in [3.63, 3.8) is 0 Å². The van der Waals surface area contributed by atoms with Gasteiger partial charge in [-0.25, -0.2) is 4.39 Å². The maximum atomic E-state index is 13.8. The number of anilines is 1. The summed E-state index contributed by atoms with van der Waals surface area (Å²) < 4.78 is 13.8. The molecule has 0 aliphatic carbocycles. The van der Waals surface area contributed by atoms with Gasteiger partial charge in [0.05, 0.1) is 16.8 Å². The molecular formula is C13H13FN4. The van der Waals surface area contributed by atoms with Crippen LogP contribution in [0.1, 0.15) is 11.1 Å². The number of allylic oxidation sites excluding steroid dienone is 1.